The topological polar surface area (TPSA) is 43.1 Å². The highest BCUT2D eigenvalue weighted by Gasteiger charge is 2.58. The number of alkyl halides is 4. The predicted molar refractivity (Wildman–Crippen MR) is 121 cm³/mol. The molecule has 5 nitrogen and oxygen atoms in total. The third-order valence-electron chi connectivity index (χ3n) is 6.82. The van der Waals surface area contributed by atoms with Crippen LogP contribution in [0.25, 0.3) is 5.69 Å². The highest BCUT2D eigenvalue weighted by atomic mass is 19.3. The van der Waals surface area contributed by atoms with Gasteiger partial charge in [0.25, 0.3) is 17.4 Å². The molecule has 10 heteroatoms. The summed E-state index contributed by atoms with van der Waals surface area (Å²) in [6, 6.07) is 5.94. The Morgan fingerprint density at radius 3 is 2.49 bits per heavy atom. The first kappa shape index (κ1) is 23.6. The third kappa shape index (κ3) is 4.58. The second kappa shape index (κ2) is 8.49. The van der Waals surface area contributed by atoms with Gasteiger partial charge in [0.1, 0.15) is 0 Å². The number of benzene rings is 1. The second-order valence-electron chi connectivity index (χ2n) is 9.32. The highest BCUT2D eigenvalue weighted by molar-refractivity contribution is 5.59. The Bertz CT molecular complexity index is 1310. The van der Waals surface area contributed by atoms with E-state index in [4.69, 9.17) is 0 Å². The largest absolute Gasteiger partial charge is 0.371 e. The summed E-state index contributed by atoms with van der Waals surface area (Å²) in [6.07, 6.45) is 3.89. The minimum atomic E-state index is -3.03. The number of aromatic nitrogens is 3. The lowest BCUT2D eigenvalue weighted by Gasteiger charge is -2.34. The summed E-state index contributed by atoms with van der Waals surface area (Å²) in [5, 5.41) is 4.20. The molecular weight excluding hydrogens is 467 g/mol. The molecule has 0 radical (unpaired) electrons. The predicted octanol–water partition coefficient (Wildman–Crippen LogP) is 5.14. The van der Waals surface area contributed by atoms with Crippen molar-refractivity contribution < 1.29 is 22.0 Å². The number of anilines is 1. The average Bonchev–Trinajstić information content (AvgIpc) is 3.22. The van der Waals surface area contributed by atoms with Gasteiger partial charge in [-0.25, -0.2) is 22.0 Å². The van der Waals surface area contributed by atoms with Crippen molar-refractivity contribution in [3.63, 3.8) is 0 Å². The zero-order valence-corrected chi connectivity index (χ0v) is 19.2. The van der Waals surface area contributed by atoms with Crippen molar-refractivity contribution in [1.29, 1.82) is 0 Å². The Kier molecular flexibility index (Phi) is 5.72. The first-order valence-electron chi connectivity index (χ1n) is 11.6. The van der Waals surface area contributed by atoms with E-state index in [-0.39, 0.29) is 43.6 Å². The molecule has 1 aromatic carbocycles. The van der Waals surface area contributed by atoms with Crippen molar-refractivity contribution in [3.8, 4) is 5.69 Å². The lowest BCUT2D eigenvalue weighted by Crippen LogP contribution is -2.39. The van der Waals surface area contributed by atoms with Gasteiger partial charge < -0.3 is 4.90 Å². The zero-order chi connectivity index (χ0) is 25.0. The van der Waals surface area contributed by atoms with Gasteiger partial charge >= 0.3 is 0 Å². The molecule has 1 atom stereocenters. The van der Waals surface area contributed by atoms with E-state index >= 15 is 4.39 Å². The Balaban J connectivity index is 1.56. The van der Waals surface area contributed by atoms with Crippen LogP contribution in [0.15, 0.2) is 47.7 Å². The minimum Gasteiger partial charge on any atom is -0.371 e. The van der Waals surface area contributed by atoms with Crippen LogP contribution < -0.4 is 10.5 Å². The number of hydrogen-bond donors (Lipinski definition) is 0. The number of rotatable bonds is 6. The van der Waals surface area contributed by atoms with Crippen LogP contribution in [-0.4, -0.2) is 39.3 Å². The van der Waals surface area contributed by atoms with Gasteiger partial charge in [0.15, 0.2) is 5.82 Å². The minimum absolute atomic E-state index is 0.00886. The van der Waals surface area contributed by atoms with E-state index in [9.17, 15) is 22.4 Å². The van der Waals surface area contributed by atoms with E-state index in [2.05, 4.69) is 5.10 Å². The number of nitrogens with zero attached hydrogens (tertiary/aromatic N) is 4. The molecule has 0 spiro atoms. The molecule has 2 fully saturated rings. The highest BCUT2D eigenvalue weighted by Crippen LogP contribution is 2.57. The van der Waals surface area contributed by atoms with Gasteiger partial charge in [-0.05, 0) is 30.7 Å². The summed E-state index contributed by atoms with van der Waals surface area (Å²) in [7, 11) is 0. The van der Waals surface area contributed by atoms with Gasteiger partial charge in [0.05, 0.1) is 17.8 Å². The molecule has 3 heterocycles. The molecule has 1 saturated heterocycles. The number of piperidine rings is 1. The summed E-state index contributed by atoms with van der Waals surface area (Å²) >= 11 is 0. The summed E-state index contributed by atoms with van der Waals surface area (Å²) in [5.74, 6) is -8.01. The van der Waals surface area contributed by atoms with Crippen LogP contribution in [0.2, 0.25) is 0 Å². The Morgan fingerprint density at radius 1 is 1.14 bits per heavy atom. The van der Waals surface area contributed by atoms with Gasteiger partial charge in [0, 0.05) is 74.5 Å². The normalized spacial score (nSPS) is 20.7. The first-order valence-corrected chi connectivity index (χ1v) is 11.6. The van der Waals surface area contributed by atoms with E-state index in [0.29, 0.717) is 17.8 Å². The van der Waals surface area contributed by atoms with Crippen LogP contribution in [0.1, 0.15) is 48.8 Å². The monoisotopic (exact) mass is 492 g/mol. The van der Waals surface area contributed by atoms with Crippen molar-refractivity contribution in [1.82, 2.24) is 14.3 Å². The Morgan fingerprint density at radius 2 is 1.86 bits per heavy atom. The van der Waals surface area contributed by atoms with Crippen molar-refractivity contribution in [2.45, 2.75) is 56.9 Å². The van der Waals surface area contributed by atoms with Crippen LogP contribution in [0.4, 0.5) is 27.6 Å². The molecule has 0 N–H and O–H groups in total. The van der Waals surface area contributed by atoms with E-state index in [0.717, 1.165) is 10.1 Å². The van der Waals surface area contributed by atoms with Crippen molar-refractivity contribution in [2.24, 2.45) is 0 Å². The van der Waals surface area contributed by atoms with Crippen molar-refractivity contribution >= 4 is 5.69 Å². The molecule has 0 amide bonds. The maximum Gasteiger partial charge on any atom is 0.258 e. The van der Waals surface area contributed by atoms with E-state index in [1.165, 1.54) is 18.3 Å². The third-order valence-corrected chi connectivity index (χ3v) is 6.82. The molecule has 1 aliphatic carbocycles. The first-order chi connectivity index (χ1) is 16.6. The maximum absolute atomic E-state index is 15.6. The molecule has 2 aliphatic rings. The molecule has 1 saturated carbocycles. The van der Waals surface area contributed by atoms with E-state index in [1.54, 1.807) is 27.9 Å². The number of aryl methyl sites for hydroxylation is 1. The molecule has 2 aromatic heterocycles. The van der Waals surface area contributed by atoms with Crippen LogP contribution >= 0.6 is 0 Å². The quantitative estimate of drug-likeness (QED) is 0.448. The van der Waals surface area contributed by atoms with Crippen molar-refractivity contribution in [2.75, 3.05) is 18.0 Å². The van der Waals surface area contributed by atoms with E-state index in [1.807, 2.05) is 13.1 Å². The Labute approximate surface area is 198 Å². The molecular formula is C25H25F5N4O. The molecule has 186 valence electrons. The average molecular weight is 492 g/mol. The summed E-state index contributed by atoms with van der Waals surface area (Å²) in [4.78, 5) is 14.9. The van der Waals surface area contributed by atoms with Crippen LogP contribution in [-0.2, 0) is 13.0 Å². The summed E-state index contributed by atoms with van der Waals surface area (Å²) in [5.41, 5.74) is 0.727. The van der Waals surface area contributed by atoms with Gasteiger partial charge in [-0.3, -0.25) is 14.0 Å². The fourth-order valence-corrected chi connectivity index (χ4v) is 4.62. The van der Waals surface area contributed by atoms with Crippen LogP contribution in [0.5, 0.6) is 0 Å². The van der Waals surface area contributed by atoms with Gasteiger partial charge in [-0.1, -0.05) is 6.07 Å². The number of hydrogen-bond acceptors (Lipinski definition) is 3. The molecule has 1 aliphatic heterocycles. The molecule has 0 bridgehead atoms. The zero-order valence-electron chi connectivity index (χ0n) is 19.2. The van der Waals surface area contributed by atoms with Gasteiger partial charge in [0.2, 0.25) is 0 Å². The number of pyridine rings is 1. The lowest BCUT2D eigenvalue weighted by molar-refractivity contribution is -0.0220. The van der Waals surface area contributed by atoms with Crippen molar-refractivity contribution in [3.05, 3.63) is 75.7 Å². The van der Waals surface area contributed by atoms with Gasteiger partial charge in [-0.2, -0.15) is 5.10 Å². The fourth-order valence-electron chi connectivity index (χ4n) is 4.62. The summed E-state index contributed by atoms with van der Waals surface area (Å²) in [6.45, 7) is 2.63. The maximum atomic E-state index is 15.6. The van der Waals surface area contributed by atoms with Crippen LogP contribution in [0, 0.1) is 5.82 Å². The molecule has 3 aromatic rings. The van der Waals surface area contributed by atoms with E-state index < -0.39 is 35.6 Å². The fraction of sp³-hybridized carbons (Fsp3) is 0.440. The standard InChI is InChI=1S/C25H25F5N4O/c1-2-33-15-16(14-31-33)10-17-4-3-7-34(23(17)35)21-12-18(32-8-5-24(27,28)6-9-32)11-19(22(21)26)20-13-25(20,29)30/h3-4,7,11-12,14-15,20H,2,5-6,8-10,13H2,1H3. The van der Waals surface area contributed by atoms with Crippen LogP contribution in [0.3, 0.4) is 0 Å². The molecule has 5 rings (SSSR count). The SMILES string of the molecule is CCn1cc(Cc2cccn(-c3cc(N4CCC(F)(F)CC4)cc(C4CC4(F)F)c3F)c2=O)cn1. The molecule has 35 heavy (non-hydrogen) atoms. The number of halogens is 5. The summed E-state index contributed by atoms with van der Waals surface area (Å²) < 4.78 is 73.7. The lowest BCUT2D eigenvalue weighted by atomic mass is 10.0. The van der Waals surface area contributed by atoms with Gasteiger partial charge in [-0.15, -0.1) is 0 Å². The Hall–Kier alpha value is -3.17. The second-order valence-corrected chi connectivity index (χ2v) is 9.32. The molecule has 1 unspecified atom stereocenters. The smallest absolute Gasteiger partial charge is 0.258 e.